The quantitative estimate of drug-likeness (QED) is 0.597. The number of rotatable bonds is 5. The number of aliphatic hydroxyl groups excluding tert-OH is 1. The molecule has 2 N–H and O–H groups in total. The Bertz CT molecular complexity index is 331. The van der Waals surface area contributed by atoms with Gasteiger partial charge in [0.2, 0.25) is 5.91 Å². The van der Waals surface area contributed by atoms with Crippen molar-refractivity contribution in [3.8, 4) is 0 Å². The van der Waals surface area contributed by atoms with E-state index in [9.17, 15) is 4.79 Å². The highest BCUT2D eigenvalue weighted by molar-refractivity contribution is 6.29. The largest absolute Gasteiger partial charge is 0.396 e. The first-order chi connectivity index (χ1) is 7.22. The molecule has 5 heteroatoms. The van der Waals surface area contributed by atoms with Crippen LogP contribution in [-0.4, -0.2) is 22.6 Å². The zero-order chi connectivity index (χ0) is 11.1. The second-order valence-electron chi connectivity index (χ2n) is 3.10. The van der Waals surface area contributed by atoms with E-state index >= 15 is 0 Å². The second kappa shape index (κ2) is 6.37. The smallest absolute Gasteiger partial charge is 0.224 e. The first-order valence-electron chi connectivity index (χ1n) is 4.74. The van der Waals surface area contributed by atoms with Crippen LogP contribution in [0.4, 0.5) is 5.69 Å². The molecule has 0 fully saturated rings. The molecule has 0 aromatic carbocycles. The Hall–Kier alpha value is -1.13. The highest BCUT2D eigenvalue weighted by Gasteiger charge is 2.02. The Morgan fingerprint density at radius 2 is 2.33 bits per heavy atom. The molecular formula is C10H13ClN2O2. The molecule has 1 heterocycles. The van der Waals surface area contributed by atoms with Crippen molar-refractivity contribution in [1.29, 1.82) is 0 Å². The Balaban J connectivity index is 2.37. The minimum atomic E-state index is -0.0780. The lowest BCUT2D eigenvalue weighted by molar-refractivity contribution is -0.116. The van der Waals surface area contributed by atoms with E-state index in [1.54, 1.807) is 12.1 Å². The zero-order valence-electron chi connectivity index (χ0n) is 8.24. The molecule has 0 aliphatic carbocycles. The van der Waals surface area contributed by atoms with Crippen molar-refractivity contribution in [2.24, 2.45) is 0 Å². The Morgan fingerprint density at radius 3 is 3.00 bits per heavy atom. The number of nitrogens with one attached hydrogen (secondary N) is 1. The van der Waals surface area contributed by atoms with Gasteiger partial charge in [-0.15, -0.1) is 0 Å². The summed E-state index contributed by atoms with van der Waals surface area (Å²) >= 11 is 5.66. The molecule has 1 aromatic rings. The van der Waals surface area contributed by atoms with E-state index in [0.29, 0.717) is 30.1 Å². The van der Waals surface area contributed by atoms with Crippen LogP contribution in [0.2, 0.25) is 5.15 Å². The van der Waals surface area contributed by atoms with Crippen LogP contribution in [0.25, 0.3) is 0 Å². The fraction of sp³-hybridized carbons (Fsp3) is 0.400. The summed E-state index contributed by atoms with van der Waals surface area (Å²) in [6, 6.07) is 3.27. The van der Waals surface area contributed by atoms with Gasteiger partial charge in [0.25, 0.3) is 0 Å². The van der Waals surface area contributed by atoms with E-state index in [-0.39, 0.29) is 12.5 Å². The van der Waals surface area contributed by atoms with Crippen LogP contribution >= 0.6 is 11.6 Å². The average Bonchev–Trinajstić information content (AvgIpc) is 2.18. The molecule has 0 atom stereocenters. The van der Waals surface area contributed by atoms with Gasteiger partial charge in [0.05, 0.1) is 0 Å². The molecule has 0 bridgehead atoms. The summed E-state index contributed by atoms with van der Waals surface area (Å²) in [6.45, 7) is 0.119. The summed E-state index contributed by atoms with van der Waals surface area (Å²) in [5, 5.41) is 11.6. The van der Waals surface area contributed by atoms with Crippen LogP contribution < -0.4 is 5.32 Å². The molecule has 0 saturated heterocycles. The highest BCUT2D eigenvalue weighted by Crippen LogP contribution is 2.12. The van der Waals surface area contributed by atoms with Gasteiger partial charge < -0.3 is 10.4 Å². The topological polar surface area (TPSA) is 62.2 Å². The molecule has 0 spiro atoms. The van der Waals surface area contributed by atoms with Gasteiger partial charge in [-0.25, -0.2) is 4.98 Å². The number of carbonyl (C=O) groups is 1. The van der Waals surface area contributed by atoms with Crippen molar-refractivity contribution in [3.63, 3.8) is 0 Å². The molecule has 0 unspecified atom stereocenters. The maximum Gasteiger partial charge on any atom is 0.224 e. The summed E-state index contributed by atoms with van der Waals surface area (Å²) in [6.07, 6.45) is 3.26. The molecule has 0 saturated carbocycles. The SMILES string of the molecule is O=C(CCCCO)Nc1ccnc(Cl)c1. The van der Waals surface area contributed by atoms with E-state index < -0.39 is 0 Å². The van der Waals surface area contributed by atoms with E-state index in [4.69, 9.17) is 16.7 Å². The number of anilines is 1. The minimum absolute atomic E-state index is 0.0780. The number of aliphatic hydroxyl groups is 1. The molecule has 4 nitrogen and oxygen atoms in total. The normalized spacial score (nSPS) is 10.0. The van der Waals surface area contributed by atoms with E-state index in [1.807, 2.05) is 0 Å². The number of amides is 1. The molecule has 1 aromatic heterocycles. The molecule has 82 valence electrons. The first kappa shape index (κ1) is 11.9. The summed E-state index contributed by atoms with van der Waals surface area (Å²) in [7, 11) is 0. The van der Waals surface area contributed by atoms with Gasteiger partial charge in [0.1, 0.15) is 5.15 Å². The maximum atomic E-state index is 11.3. The van der Waals surface area contributed by atoms with Gasteiger partial charge in [0.15, 0.2) is 0 Å². The van der Waals surface area contributed by atoms with Gasteiger partial charge in [-0.05, 0) is 25.0 Å². The number of nitrogens with zero attached hydrogens (tertiary/aromatic N) is 1. The van der Waals surface area contributed by atoms with Crippen molar-refractivity contribution in [2.45, 2.75) is 19.3 Å². The Kier molecular flexibility index (Phi) is 5.07. The van der Waals surface area contributed by atoms with Crippen molar-refractivity contribution in [2.75, 3.05) is 11.9 Å². The maximum absolute atomic E-state index is 11.3. The predicted octanol–water partition coefficient (Wildman–Crippen LogP) is 1.84. The van der Waals surface area contributed by atoms with Crippen molar-refractivity contribution >= 4 is 23.2 Å². The molecular weight excluding hydrogens is 216 g/mol. The van der Waals surface area contributed by atoms with Crippen LogP contribution in [0.5, 0.6) is 0 Å². The Morgan fingerprint density at radius 1 is 1.53 bits per heavy atom. The minimum Gasteiger partial charge on any atom is -0.396 e. The van der Waals surface area contributed by atoms with Crippen LogP contribution in [0.15, 0.2) is 18.3 Å². The average molecular weight is 229 g/mol. The van der Waals surface area contributed by atoms with E-state index in [1.165, 1.54) is 6.20 Å². The number of hydrogen-bond acceptors (Lipinski definition) is 3. The molecule has 0 aliphatic heterocycles. The van der Waals surface area contributed by atoms with Gasteiger partial charge >= 0.3 is 0 Å². The molecule has 0 radical (unpaired) electrons. The van der Waals surface area contributed by atoms with E-state index in [0.717, 1.165) is 0 Å². The third-order valence-corrected chi connectivity index (χ3v) is 2.03. The number of aromatic nitrogens is 1. The van der Waals surface area contributed by atoms with Gasteiger partial charge in [-0.2, -0.15) is 0 Å². The highest BCUT2D eigenvalue weighted by atomic mass is 35.5. The summed E-state index contributed by atoms with van der Waals surface area (Å²) in [4.78, 5) is 15.1. The van der Waals surface area contributed by atoms with Crippen LogP contribution in [0.1, 0.15) is 19.3 Å². The third kappa shape index (κ3) is 4.76. The zero-order valence-corrected chi connectivity index (χ0v) is 9.00. The second-order valence-corrected chi connectivity index (χ2v) is 3.48. The summed E-state index contributed by atoms with van der Waals surface area (Å²) in [5.74, 6) is -0.0780. The van der Waals surface area contributed by atoms with Gasteiger partial charge in [-0.1, -0.05) is 11.6 Å². The first-order valence-corrected chi connectivity index (χ1v) is 5.12. The lowest BCUT2D eigenvalue weighted by Gasteiger charge is -2.04. The molecule has 1 amide bonds. The van der Waals surface area contributed by atoms with Crippen LogP contribution in [-0.2, 0) is 4.79 Å². The van der Waals surface area contributed by atoms with Crippen LogP contribution in [0, 0.1) is 0 Å². The number of hydrogen-bond donors (Lipinski definition) is 2. The number of halogens is 1. The number of carbonyl (C=O) groups excluding carboxylic acids is 1. The lowest BCUT2D eigenvalue weighted by Crippen LogP contribution is -2.11. The van der Waals surface area contributed by atoms with Crippen molar-refractivity contribution in [3.05, 3.63) is 23.5 Å². The Labute approximate surface area is 93.3 Å². The number of unbranched alkanes of at least 4 members (excludes halogenated alkanes) is 1. The van der Waals surface area contributed by atoms with Crippen LogP contribution in [0.3, 0.4) is 0 Å². The summed E-state index contributed by atoms with van der Waals surface area (Å²) < 4.78 is 0. The summed E-state index contributed by atoms with van der Waals surface area (Å²) in [5.41, 5.74) is 0.643. The van der Waals surface area contributed by atoms with E-state index in [2.05, 4.69) is 10.3 Å². The van der Waals surface area contributed by atoms with Crippen molar-refractivity contribution in [1.82, 2.24) is 4.98 Å². The predicted molar refractivity (Wildman–Crippen MR) is 58.8 cm³/mol. The lowest BCUT2D eigenvalue weighted by atomic mass is 10.2. The standard InChI is InChI=1S/C10H13ClN2O2/c11-9-7-8(4-5-12-9)13-10(15)3-1-2-6-14/h4-5,7,14H,1-3,6H2,(H,12,13,15). The fourth-order valence-corrected chi connectivity index (χ4v) is 1.27. The monoisotopic (exact) mass is 228 g/mol. The van der Waals surface area contributed by atoms with Gasteiger partial charge in [-0.3, -0.25) is 4.79 Å². The number of pyridine rings is 1. The molecule has 1 rings (SSSR count). The third-order valence-electron chi connectivity index (χ3n) is 1.82. The van der Waals surface area contributed by atoms with Crippen molar-refractivity contribution < 1.29 is 9.90 Å². The molecule has 0 aliphatic rings. The fourth-order valence-electron chi connectivity index (χ4n) is 1.10. The van der Waals surface area contributed by atoms with Gasteiger partial charge in [0, 0.05) is 24.9 Å². The molecule has 15 heavy (non-hydrogen) atoms.